The second-order valence-electron chi connectivity index (χ2n) is 3.27. The molecule has 2 aromatic carbocycles. The molecule has 78 valence electrons. The van der Waals surface area contributed by atoms with E-state index in [4.69, 9.17) is 11.0 Å². The van der Waals surface area contributed by atoms with E-state index in [1.807, 2.05) is 42.5 Å². The molecule has 0 aliphatic carbocycles. The van der Waals surface area contributed by atoms with Gasteiger partial charge in [-0.05, 0) is 22.9 Å². The first-order valence-corrected chi connectivity index (χ1v) is 4.77. The molecule has 0 aliphatic heterocycles. The molecule has 0 aromatic heterocycles. The third kappa shape index (κ3) is 2.10. The van der Waals surface area contributed by atoms with E-state index in [2.05, 4.69) is 10.3 Å². The quantitative estimate of drug-likeness (QED) is 0.326. The third-order valence-corrected chi connectivity index (χ3v) is 2.17. The highest BCUT2D eigenvalue weighted by atomic mass is 15.1. The summed E-state index contributed by atoms with van der Waals surface area (Å²) in [5, 5.41) is 12.9. The SMILES string of the molecule is N#CNC(N)=Nc1ccc2ccccc2c1. The van der Waals surface area contributed by atoms with Crippen molar-refractivity contribution in [1.82, 2.24) is 5.32 Å². The lowest BCUT2D eigenvalue weighted by Crippen LogP contribution is -2.26. The van der Waals surface area contributed by atoms with Gasteiger partial charge in [0.1, 0.15) is 0 Å². The van der Waals surface area contributed by atoms with Crippen LogP contribution in [0.5, 0.6) is 0 Å². The number of fused-ring (bicyclic) bond motifs is 1. The molecule has 0 radical (unpaired) electrons. The third-order valence-electron chi connectivity index (χ3n) is 2.17. The van der Waals surface area contributed by atoms with Crippen molar-refractivity contribution in [3.63, 3.8) is 0 Å². The van der Waals surface area contributed by atoms with Crippen LogP contribution in [0.25, 0.3) is 10.8 Å². The van der Waals surface area contributed by atoms with Gasteiger partial charge in [-0.3, -0.25) is 5.32 Å². The summed E-state index contributed by atoms with van der Waals surface area (Å²) in [5.41, 5.74) is 6.20. The first-order valence-electron chi connectivity index (χ1n) is 4.77. The summed E-state index contributed by atoms with van der Waals surface area (Å²) in [6, 6.07) is 13.7. The average Bonchev–Trinajstić information content (AvgIpc) is 2.29. The number of nitrogens with one attached hydrogen (secondary N) is 1. The van der Waals surface area contributed by atoms with Crippen molar-refractivity contribution < 1.29 is 0 Å². The van der Waals surface area contributed by atoms with Crippen molar-refractivity contribution in [3.05, 3.63) is 42.5 Å². The maximum absolute atomic E-state index is 8.36. The Bertz CT molecular complexity index is 581. The number of hydrogen-bond donors (Lipinski definition) is 2. The number of nitrogens with zero attached hydrogens (tertiary/aromatic N) is 2. The molecule has 2 rings (SSSR count). The van der Waals surface area contributed by atoms with Crippen LogP contribution in [0.1, 0.15) is 0 Å². The van der Waals surface area contributed by atoms with Crippen molar-refractivity contribution >= 4 is 22.4 Å². The van der Waals surface area contributed by atoms with Crippen LogP contribution in [0.4, 0.5) is 5.69 Å². The van der Waals surface area contributed by atoms with Gasteiger partial charge in [0.05, 0.1) is 5.69 Å². The molecule has 0 amide bonds. The molecular weight excluding hydrogens is 200 g/mol. The van der Waals surface area contributed by atoms with Gasteiger partial charge in [-0.1, -0.05) is 30.3 Å². The molecule has 0 aliphatic rings. The zero-order valence-corrected chi connectivity index (χ0v) is 8.51. The Morgan fingerprint density at radius 1 is 1.19 bits per heavy atom. The minimum absolute atomic E-state index is 0.0952. The van der Waals surface area contributed by atoms with Crippen LogP contribution in [0.3, 0.4) is 0 Å². The Labute approximate surface area is 93.0 Å². The van der Waals surface area contributed by atoms with Crippen LogP contribution >= 0.6 is 0 Å². The van der Waals surface area contributed by atoms with Gasteiger partial charge >= 0.3 is 0 Å². The highest BCUT2D eigenvalue weighted by Gasteiger charge is 1.95. The first kappa shape index (κ1) is 9.99. The van der Waals surface area contributed by atoms with Crippen LogP contribution in [0.15, 0.2) is 47.5 Å². The second-order valence-corrected chi connectivity index (χ2v) is 3.27. The predicted molar refractivity (Wildman–Crippen MR) is 64.0 cm³/mol. The van der Waals surface area contributed by atoms with Gasteiger partial charge in [0.25, 0.3) is 0 Å². The molecule has 0 unspecified atom stereocenters. The maximum atomic E-state index is 8.36. The summed E-state index contributed by atoms with van der Waals surface area (Å²) in [6.07, 6.45) is 1.72. The molecule has 0 heterocycles. The lowest BCUT2D eigenvalue weighted by molar-refractivity contribution is 1.22. The van der Waals surface area contributed by atoms with Crippen LogP contribution in [-0.4, -0.2) is 5.96 Å². The summed E-state index contributed by atoms with van der Waals surface area (Å²) in [4.78, 5) is 4.06. The van der Waals surface area contributed by atoms with Crippen molar-refractivity contribution in [2.45, 2.75) is 0 Å². The lowest BCUT2D eigenvalue weighted by atomic mass is 10.1. The van der Waals surface area contributed by atoms with Crippen LogP contribution in [0, 0.1) is 11.5 Å². The van der Waals surface area contributed by atoms with Gasteiger partial charge in [-0.15, -0.1) is 0 Å². The Morgan fingerprint density at radius 3 is 2.69 bits per heavy atom. The Kier molecular flexibility index (Phi) is 2.70. The normalized spacial score (nSPS) is 11.1. The summed E-state index contributed by atoms with van der Waals surface area (Å²) in [7, 11) is 0. The molecule has 0 fully saturated rings. The van der Waals surface area contributed by atoms with E-state index in [9.17, 15) is 0 Å². The largest absolute Gasteiger partial charge is 0.369 e. The molecule has 0 saturated heterocycles. The van der Waals surface area contributed by atoms with Crippen molar-refractivity contribution in [2.75, 3.05) is 0 Å². The van der Waals surface area contributed by atoms with Gasteiger partial charge in [0, 0.05) is 0 Å². The van der Waals surface area contributed by atoms with E-state index < -0.39 is 0 Å². The molecule has 4 heteroatoms. The fourth-order valence-corrected chi connectivity index (χ4v) is 1.47. The van der Waals surface area contributed by atoms with Crippen LogP contribution < -0.4 is 11.1 Å². The lowest BCUT2D eigenvalue weighted by Gasteiger charge is -2.00. The fourth-order valence-electron chi connectivity index (χ4n) is 1.47. The van der Waals surface area contributed by atoms with Crippen molar-refractivity contribution in [1.29, 1.82) is 5.26 Å². The minimum atomic E-state index is 0.0952. The first-order chi connectivity index (χ1) is 7.79. The number of hydrogen-bond acceptors (Lipinski definition) is 2. The zero-order valence-electron chi connectivity index (χ0n) is 8.51. The van der Waals surface area contributed by atoms with Crippen molar-refractivity contribution in [3.8, 4) is 6.19 Å². The molecule has 3 N–H and O–H groups in total. The highest BCUT2D eigenvalue weighted by Crippen LogP contribution is 2.20. The van der Waals surface area contributed by atoms with E-state index in [0.717, 1.165) is 16.5 Å². The van der Waals surface area contributed by atoms with Gasteiger partial charge in [0.2, 0.25) is 5.96 Å². The minimum Gasteiger partial charge on any atom is -0.369 e. The van der Waals surface area contributed by atoms with E-state index in [0.29, 0.717) is 0 Å². The molecule has 0 spiro atoms. The van der Waals surface area contributed by atoms with E-state index in [-0.39, 0.29) is 5.96 Å². The number of aliphatic imine (C=N–C) groups is 1. The van der Waals surface area contributed by atoms with Gasteiger partial charge in [-0.2, -0.15) is 5.26 Å². The van der Waals surface area contributed by atoms with E-state index in [1.165, 1.54) is 0 Å². The number of nitrogens with two attached hydrogens (primary N) is 1. The number of benzene rings is 2. The summed E-state index contributed by atoms with van der Waals surface area (Å²) in [6.45, 7) is 0. The Hall–Kier alpha value is -2.54. The highest BCUT2D eigenvalue weighted by molar-refractivity contribution is 5.87. The maximum Gasteiger partial charge on any atom is 0.207 e. The molecule has 4 nitrogen and oxygen atoms in total. The smallest absolute Gasteiger partial charge is 0.207 e. The number of guanidine groups is 1. The molecule has 0 saturated carbocycles. The zero-order chi connectivity index (χ0) is 11.4. The predicted octanol–water partition coefficient (Wildman–Crippen LogP) is 1.86. The molecule has 0 bridgehead atoms. The van der Waals surface area contributed by atoms with Gasteiger partial charge in [0.15, 0.2) is 6.19 Å². The molecule has 16 heavy (non-hydrogen) atoms. The number of nitriles is 1. The second kappa shape index (κ2) is 4.32. The van der Waals surface area contributed by atoms with Crippen LogP contribution in [0.2, 0.25) is 0 Å². The Balaban J connectivity index is 2.40. The molecule has 2 aromatic rings. The van der Waals surface area contributed by atoms with Crippen LogP contribution in [-0.2, 0) is 0 Å². The average molecular weight is 210 g/mol. The molecular formula is C12H10N4. The topological polar surface area (TPSA) is 74.2 Å². The number of rotatable bonds is 1. The van der Waals surface area contributed by atoms with Gasteiger partial charge in [-0.25, -0.2) is 4.99 Å². The van der Waals surface area contributed by atoms with Crippen molar-refractivity contribution in [2.24, 2.45) is 10.7 Å². The Morgan fingerprint density at radius 2 is 1.94 bits per heavy atom. The standard InChI is InChI=1S/C12H10N4/c13-8-15-12(14)16-11-6-5-9-3-1-2-4-10(9)7-11/h1-7H,(H3,14,15,16). The summed E-state index contributed by atoms with van der Waals surface area (Å²) in [5.74, 6) is 0.0952. The van der Waals surface area contributed by atoms with E-state index >= 15 is 0 Å². The fraction of sp³-hybridized carbons (Fsp3) is 0. The monoisotopic (exact) mass is 210 g/mol. The summed E-state index contributed by atoms with van der Waals surface area (Å²) >= 11 is 0. The van der Waals surface area contributed by atoms with Gasteiger partial charge < -0.3 is 5.73 Å². The summed E-state index contributed by atoms with van der Waals surface area (Å²) < 4.78 is 0. The van der Waals surface area contributed by atoms with E-state index in [1.54, 1.807) is 6.19 Å². The molecule has 0 atom stereocenters.